The Labute approximate surface area is 121 Å². The van der Waals surface area contributed by atoms with Gasteiger partial charge in [0.2, 0.25) is 0 Å². The molecule has 3 aromatic heterocycles. The molecule has 0 aromatic carbocycles. The van der Waals surface area contributed by atoms with E-state index in [4.69, 9.17) is 9.40 Å². The van der Waals surface area contributed by atoms with Gasteiger partial charge in [0.05, 0.1) is 6.26 Å². The Balaban J connectivity index is 1.93. The van der Waals surface area contributed by atoms with Gasteiger partial charge in [-0.1, -0.05) is 0 Å². The number of imidazole rings is 1. The first-order chi connectivity index (χ1) is 9.93. The molecule has 0 bridgehead atoms. The Morgan fingerprint density at radius 1 is 1.20 bits per heavy atom. The Hall–Kier alpha value is -1.75. The van der Waals surface area contributed by atoms with Gasteiger partial charge in [-0.25, -0.2) is 9.97 Å². The highest BCUT2D eigenvalue weighted by Crippen LogP contribution is 2.34. The van der Waals surface area contributed by atoms with Crippen LogP contribution in [0.1, 0.15) is 18.9 Å². The third-order valence-corrected chi connectivity index (χ3v) is 4.80. The molecule has 1 saturated heterocycles. The molecule has 0 atom stereocenters. The summed E-state index contributed by atoms with van der Waals surface area (Å²) in [6.07, 6.45) is 5.87. The van der Waals surface area contributed by atoms with Crippen LogP contribution in [-0.4, -0.2) is 26.0 Å². The van der Waals surface area contributed by atoms with Gasteiger partial charge < -0.3 is 8.98 Å². The van der Waals surface area contributed by atoms with E-state index in [0.29, 0.717) is 6.04 Å². The van der Waals surface area contributed by atoms with Crippen molar-refractivity contribution in [3.8, 4) is 11.6 Å². The topological polar surface area (TPSA) is 43.9 Å². The van der Waals surface area contributed by atoms with Crippen molar-refractivity contribution in [1.82, 2.24) is 14.5 Å². The molecule has 0 amide bonds. The van der Waals surface area contributed by atoms with Crippen molar-refractivity contribution in [2.75, 3.05) is 11.5 Å². The largest absolute Gasteiger partial charge is 0.461 e. The highest BCUT2D eigenvalue weighted by Gasteiger charge is 2.23. The van der Waals surface area contributed by atoms with Crippen LogP contribution in [-0.2, 0) is 0 Å². The molecule has 0 unspecified atom stereocenters. The quantitative estimate of drug-likeness (QED) is 0.719. The van der Waals surface area contributed by atoms with Gasteiger partial charge in [-0.3, -0.25) is 0 Å². The van der Waals surface area contributed by atoms with E-state index in [-0.39, 0.29) is 0 Å². The number of aromatic nitrogens is 3. The molecule has 102 valence electrons. The van der Waals surface area contributed by atoms with Crippen LogP contribution in [0.2, 0.25) is 0 Å². The van der Waals surface area contributed by atoms with Crippen molar-refractivity contribution < 1.29 is 4.42 Å². The molecular weight excluding hydrogens is 270 g/mol. The number of thioether (sulfide) groups is 1. The van der Waals surface area contributed by atoms with Crippen LogP contribution in [0.15, 0.2) is 41.1 Å². The summed E-state index contributed by atoms with van der Waals surface area (Å²) in [6, 6.07) is 8.29. The molecule has 3 aromatic rings. The lowest BCUT2D eigenvalue weighted by atomic mass is 10.1. The first-order valence-electron chi connectivity index (χ1n) is 6.88. The molecule has 4 nitrogen and oxygen atoms in total. The van der Waals surface area contributed by atoms with Gasteiger partial charge in [-0.05, 0) is 48.6 Å². The molecule has 1 aliphatic rings. The van der Waals surface area contributed by atoms with Gasteiger partial charge in [0.25, 0.3) is 0 Å². The molecule has 0 spiro atoms. The summed E-state index contributed by atoms with van der Waals surface area (Å²) in [5.74, 6) is 4.13. The van der Waals surface area contributed by atoms with E-state index in [1.54, 1.807) is 6.26 Å². The lowest BCUT2D eigenvalue weighted by molar-refractivity contribution is 0.474. The van der Waals surface area contributed by atoms with Crippen LogP contribution in [0.4, 0.5) is 0 Å². The maximum absolute atomic E-state index is 5.56. The molecule has 0 aliphatic carbocycles. The summed E-state index contributed by atoms with van der Waals surface area (Å²) >= 11 is 2.03. The Bertz CT molecular complexity index is 714. The SMILES string of the molecule is c1coc(-c2nc3cccnc3n2C2CCSCC2)c1. The highest BCUT2D eigenvalue weighted by molar-refractivity contribution is 7.99. The predicted octanol–water partition coefficient (Wildman–Crippen LogP) is 3.76. The number of hydrogen-bond acceptors (Lipinski definition) is 4. The maximum atomic E-state index is 5.56. The molecule has 20 heavy (non-hydrogen) atoms. The first kappa shape index (κ1) is 12.0. The van der Waals surface area contributed by atoms with Gasteiger partial charge >= 0.3 is 0 Å². The van der Waals surface area contributed by atoms with Gasteiger partial charge in [0.15, 0.2) is 17.2 Å². The lowest BCUT2D eigenvalue weighted by Gasteiger charge is -2.24. The zero-order valence-electron chi connectivity index (χ0n) is 11.0. The monoisotopic (exact) mass is 285 g/mol. The van der Waals surface area contributed by atoms with Gasteiger partial charge in [-0.15, -0.1) is 0 Å². The smallest absolute Gasteiger partial charge is 0.178 e. The zero-order valence-corrected chi connectivity index (χ0v) is 11.8. The van der Waals surface area contributed by atoms with Crippen LogP contribution < -0.4 is 0 Å². The van der Waals surface area contributed by atoms with Crippen LogP contribution in [0, 0.1) is 0 Å². The minimum atomic E-state index is 0.469. The summed E-state index contributed by atoms with van der Waals surface area (Å²) in [5, 5.41) is 0. The van der Waals surface area contributed by atoms with E-state index >= 15 is 0 Å². The Kier molecular flexibility index (Phi) is 2.99. The molecule has 1 aliphatic heterocycles. The number of pyridine rings is 1. The molecule has 0 saturated carbocycles. The van der Waals surface area contributed by atoms with Crippen LogP contribution in [0.3, 0.4) is 0 Å². The van der Waals surface area contributed by atoms with Gasteiger partial charge in [0.1, 0.15) is 5.52 Å². The maximum Gasteiger partial charge on any atom is 0.178 e. The van der Waals surface area contributed by atoms with Crippen LogP contribution >= 0.6 is 11.8 Å². The summed E-state index contributed by atoms with van der Waals surface area (Å²) in [6.45, 7) is 0. The average molecular weight is 285 g/mol. The molecule has 4 rings (SSSR count). The van der Waals surface area contributed by atoms with E-state index < -0.39 is 0 Å². The van der Waals surface area contributed by atoms with E-state index in [2.05, 4.69) is 9.55 Å². The van der Waals surface area contributed by atoms with Crippen LogP contribution in [0.25, 0.3) is 22.7 Å². The lowest BCUT2D eigenvalue weighted by Crippen LogP contribution is -2.16. The molecule has 0 N–H and O–H groups in total. The van der Waals surface area contributed by atoms with Crippen molar-refractivity contribution in [1.29, 1.82) is 0 Å². The van der Waals surface area contributed by atoms with Gasteiger partial charge in [0, 0.05) is 12.2 Å². The number of rotatable bonds is 2. The molecule has 4 heterocycles. The molecular formula is C15H15N3OS. The summed E-state index contributed by atoms with van der Waals surface area (Å²) in [5.41, 5.74) is 1.91. The van der Waals surface area contributed by atoms with Crippen molar-refractivity contribution in [3.63, 3.8) is 0 Å². The Morgan fingerprint density at radius 2 is 2.10 bits per heavy atom. The second-order valence-electron chi connectivity index (χ2n) is 4.97. The minimum absolute atomic E-state index is 0.469. The number of furan rings is 1. The van der Waals surface area contributed by atoms with E-state index in [0.717, 1.165) is 22.7 Å². The minimum Gasteiger partial charge on any atom is -0.461 e. The van der Waals surface area contributed by atoms with Crippen molar-refractivity contribution >= 4 is 22.9 Å². The fourth-order valence-corrected chi connectivity index (χ4v) is 3.88. The predicted molar refractivity (Wildman–Crippen MR) is 80.8 cm³/mol. The standard InChI is InChI=1S/C15H15N3OS/c1-3-12-14(16-7-1)18(11-5-9-20-10-6-11)15(17-12)13-4-2-8-19-13/h1-4,7-8,11H,5-6,9-10H2. The number of hydrogen-bond donors (Lipinski definition) is 0. The highest BCUT2D eigenvalue weighted by atomic mass is 32.2. The Morgan fingerprint density at radius 3 is 2.90 bits per heavy atom. The molecule has 5 heteroatoms. The fourth-order valence-electron chi connectivity index (χ4n) is 2.80. The van der Waals surface area contributed by atoms with Crippen molar-refractivity contribution in [3.05, 3.63) is 36.7 Å². The van der Waals surface area contributed by atoms with E-state index in [9.17, 15) is 0 Å². The molecule has 1 fully saturated rings. The zero-order chi connectivity index (χ0) is 13.4. The number of nitrogens with zero attached hydrogens (tertiary/aromatic N) is 3. The average Bonchev–Trinajstić information content (AvgIpc) is 3.15. The summed E-state index contributed by atoms with van der Waals surface area (Å²) in [7, 11) is 0. The van der Waals surface area contributed by atoms with Crippen LogP contribution in [0.5, 0.6) is 0 Å². The van der Waals surface area contributed by atoms with E-state index in [1.165, 1.54) is 24.3 Å². The van der Waals surface area contributed by atoms with E-state index in [1.807, 2.05) is 42.2 Å². The first-order valence-corrected chi connectivity index (χ1v) is 8.03. The fraction of sp³-hybridized carbons (Fsp3) is 0.333. The van der Waals surface area contributed by atoms with Gasteiger partial charge in [-0.2, -0.15) is 11.8 Å². The third kappa shape index (κ3) is 1.93. The van der Waals surface area contributed by atoms with Crippen molar-refractivity contribution in [2.24, 2.45) is 0 Å². The summed E-state index contributed by atoms with van der Waals surface area (Å²) in [4.78, 5) is 9.27. The summed E-state index contributed by atoms with van der Waals surface area (Å²) < 4.78 is 7.84. The van der Waals surface area contributed by atoms with Crippen molar-refractivity contribution in [2.45, 2.75) is 18.9 Å². The third-order valence-electron chi connectivity index (χ3n) is 3.75. The normalized spacial score (nSPS) is 16.8. The molecule has 0 radical (unpaired) electrons. The second kappa shape index (κ2) is 4.98. The number of fused-ring (bicyclic) bond motifs is 1. The second-order valence-corrected chi connectivity index (χ2v) is 6.20.